The lowest BCUT2D eigenvalue weighted by molar-refractivity contribution is -0.146. The number of carbonyl (C=O) groups is 2. The van der Waals surface area contributed by atoms with Crippen LogP contribution in [0.5, 0.6) is 11.5 Å². The third-order valence-electron chi connectivity index (χ3n) is 4.47. The molecule has 140 valence electrons. The molecule has 3 rings (SSSR count). The predicted molar refractivity (Wildman–Crippen MR) is 91.2 cm³/mol. The number of carboxylic acid groups (broad SMARTS) is 1. The second-order valence-electron chi connectivity index (χ2n) is 6.61. The number of hydrogen-bond donors (Lipinski definition) is 4. The second-order valence-corrected chi connectivity index (χ2v) is 6.61. The molecule has 26 heavy (non-hydrogen) atoms. The Morgan fingerprint density at radius 1 is 1.54 bits per heavy atom. The fourth-order valence-corrected chi connectivity index (χ4v) is 2.95. The van der Waals surface area contributed by atoms with Gasteiger partial charge in [0.15, 0.2) is 0 Å². The summed E-state index contributed by atoms with van der Waals surface area (Å²) in [6.45, 7) is -0.752. The first-order chi connectivity index (χ1) is 12.8. The number of nitrogens with zero attached hydrogens (tertiary/aromatic N) is 1. The molecule has 1 atom stereocenters. The minimum absolute atomic E-state index is 0.0918. The summed E-state index contributed by atoms with van der Waals surface area (Å²) in [4.78, 5) is 25.3. The number of ether oxygens (including phenoxy) is 1. The van der Waals surface area contributed by atoms with Crippen LogP contribution in [0, 0.1) is 0 Å². The van der Waals surface area contributed by atoms with E-state index >= 15 is 0 Å². The highest BCUT2D eigenvalue weighted by atomic mass is 16.5. The van der Waals surface area contributed by atoms with Crippen LogP contribution in [0.2, 0.25) is 6.32 Å². The SMILES string of the molecule is [2H]C[C@](N)(CO)C(=O)N1CC(Oc2ccc3c(c2C(=O)O)OB(O)CC3)C1. The van der Waals surface area contributed by atoms with Gasteiger partial charge in [0.1, 0.15) is 28.7 Å². The Morgan fingerprint density at radius 2 is 2.27 bits per heavy atom. The number of amides is 1. The molecular weight excluding hydrogens is 343 g/mol. The van der Waals surface area contributed by atoms with E-state index in [9.17, 15) is 24.8 Å². The summed E-state index contributed by atoms with van der Waals surface area (Å²) in [7, 11) is -1.07. The van der Waals surface area contributed by atoms with Crippen molar-refractivity contribution >= 4 is 19.0 Å². The van der Waals surface area contributed by atoms with Crippen LogP contribution in [0.15, 0.2) is 12.1 Å². The van der Waals surface area contributed by atoms with Gasteiger partial charge >= 0.3 is 13.1 Å². The fraction of sp³-hybridized carbons (Fsp3) is 0.500. The zero-order valence-electron chi connectivity index (χ0n) is 15.1. The Balaban J connectivity index is 1.72. The number of aliphatic hydroxyl groups excluding tert-OH is 1. The van der Waals surface area contributed by atoms with E-state index in [1.54, 1.807) is 12.1 Å². The summed E-state index contributed by atoms with van der Waals surface area (Å²) in [5.74, 6) is -1.59. The lowest BCUT2D eigenvalue weighted by atomic mass is 9.78. The summed E-state index contributed by atoms with van der Waals surface area (Å²) in [6.07, 6.45) is 0.427. The van der Waals surface area contributed by atoms with Crippen molar-refractivity contribution in [3.8, 4) is 11.5 Å². The van der Waals surface area contributed by atoms with Gasteiger partial charge in [-0.05, 0) is 31.3 Å². The van der Waals surface area contributed by atoms with Crippen LogP contribution >= 0.6 is 0 Å². The van der Waals surface area contributed by atoms with Crippen LogP contribution in [0.4, 0.5) is 0 Å². The first kappa shape index (κ1) is 17.1. The smallest absolute Gasteiger partial charge is 0.522 e. The van der Waals surface area contributed by atoms with E-state index in [1.165, 1.54) is 4.90 Å². The number of nitrogens with two attached hydrogens (primary N) is 1. The van der Waals surface area contributed by atoms with Crippen LogP contribution in [-0.2, 0) is 11.2 Å². The van der Waals surface area contributed by atoms with Gasteiger partial charge < -0.3 is 35.3 Å². The molecule has 10 heteroatoms. The van der Waals surface area contributed by atoms with Crippen molar-refractivity contribution in [2.24, 2.45) is 5.73 Å². The average molecular weight is 365 g/mol. The summed E-state index contributed by atoms with van der Waals surface area (Å²) in [5, 5.41) is 28.4. The van der Waals surface area contributed by atoms with Gasteiger partial charge in [0.05, 0.1) is 19.7 Å². The summed E-state index contributed by atoms with van der Waals surface area (Å²) in [5.41, 5.74) is 4.59. The summed E-state index contributed by atoms with van der Waals surface area (Å²) in [6, 6.07) is 3.24. The molecule has 1 amide bonds. The van der Waals surface area contributed by atoms with Crippen molar-refractivity contribution in [2.75, 3.05) is 19.7 Å². The number of aromatic carboxylic acids is 1. The molecule has 0 aromatic heterocycles. The molecule has 2 aliphatic heterocycles. The van der Waals surface area contributed by atoms with Gasteiger partial charge in [-0.3, -0.25) is 4.79 Å². The number of benzene rings is 1. The first-order valence-electron chi connectivity index (χ1n) is 8.88. The minimum atomic E-state index is -1.65. The maximum absolute atomic E-state index is 12.2. The second kappa shape index (κ2) is 6.78. The molecular formula is C16H21BN2O7. The van der Waals surface area contributed by atoms with Crippen LogP contribution in [0.1, 0.15) is 24.2 Å². The zero-order valence-corrected chi connectivity index (χ0v) is 14.1. The first-order valence-corrected chi connectivity index (χ1v) is 8.18. The van der Waals surface area contributed by atoms with Crippen LogP contribution in [-0.4, -0.2) is 70.5 Å². The summed E-state index contributed by atoms with van der Waals surface area (Å²) >= 11 is 0. The van der Waals surface area contributed by atoms with Crippen molar-refractivity contribution in [3.05, 3.63) is 23.3 Å². The Bertz CT molecular complexity index is 753. The molecule has 1 aromatic rings. The highest BCUT2D eigenvalue weighted by Gasteiger charge is 2.40. The Hall–Kier alpha value is -2.30. The maximum Gasteiger partial charge on any atom is 0.522 e. The number of likely N-dealkylation sites (tertiary alicyclic amines) is 1. The monoisotopic (exact) mass is 365 g/mol. The van der Waals surface area contributed by atoms with E-state index in [1.807, 2.05) is 0 Å². The average Bonchev–Trinajstić information content (AvgIpc) is 2.62. The van der Waals surface area contributed by atoms with E-state index in [0.717, 1.165) is 0 Å². The van der Waals surface area contributed by atoms with E-state index in [2.05, 4.69) is 0 Å². The van der Waals surface area contributed by atoms with Gasteiger partial charge in [-0.15, -0.1) is 0 Å². The van der Waals surface area contributed by atoms with Gasteiger partial charge in [0.2, 0.25) is 5.91 Å². The molecule has 9 nitrogen and oxygen atoms in total. The molecule has 1 fully saturated rings. The molecule has 0 saturated carbocycles. The van der Waals surface area contributed by atoms with Crippen molar-refractivity contribution in [3.63, 3.8) is 0 Å². The molecule has 0 aliphatic carbocycles. The number of aryl methyl sites for hydroxylation is 1. The molecule has 0 unspecified atom stereocenters. The Morgan fingerprint density at radius 3 is 2.88 bits per heavy atom. The Labute approximate surface area is 151 Å². The van der Waals surface area contributed by atoms with Gasteiger partial charge in [-0.1, -0.05) is 6.07 Å². The van der Waals surface area contributed by atoms with Gasteiger partial charge in [-0.2, -0.15) is 0 Å². The standard InChI is InChI=1S/C16H21BN2O7/c1-16(18,8-20)15(23)19-6-10(7-19)25-11-3-2-9-4-5-17(24)26-13(9)12(11)14(21)22/h2-3,10,20,24H,4-8,18H2,1H3,(H,21,22)/t16-/m0/s1/i1D. The number of fused-ring (bicyclic) bond motifs is 1. The number of carbonyl (C=O) groups excluding carboxylic acids is 1. The Kier molecular flexibility index (Phi) is 4.47. The van der Waals surface area contributed by atoms with E-state index in [4.69, 9.17) is 16.5 Å². The lowest BCUT2D eigenvalue weighted by Gasteiger charge is -2.42. The topological polar surface area (TPSA) is 143 Å². The minimum Gasteiger partial charge on any atom is -0.535 e. The van der Waals surface area contributed by atoms with Crippen LogP contribution in [0.3, 0.4) is 0 Å². The molecule has 2 aliphatic rings. The normalized spacial score (nSPS) is 19.6. The van der Waals surface area contributed by atoms with Gasteiger partial charge in [0.25, 0.3) is 0 Å². The number of aliphatic hydroxyl groups is 1. The van der Waals surface area contributed by atoms with Crippen LogP contribution < -0.4 is 15.1 Å². The maximum atomic E-state index is 12.2. The predicted octanol–water partition coefficient (Wildman–Crippen LogP) is -0.900. The van der Waals surface area contributed by atoms with E-state index < -0.39 is 44.1 Å². The molecule has 0 bridgehead atoms. The van der Waals surface area contributed by atoms with Crippen molar-refractivity contribution in [1.82, 2.24) is 4.90 Å². The fourth-order valence-electron chi connectivity index (χ4n) is 2.95. The molecule has 0 radical (unpaired) electrons. The summed E-state index contributed by atoms with van der Waals surface area (Å²) < 4.78 is 18.3. The highest BCUT2D eigenvalue weighted by Crippen LogP contribution is 2.37. The molecule has 1 aromatic carbocycles. The molecule has 0 spiro atoms. The molecule has 5 N–H and O–H groups in total. The molecule has 2 heterocycles. The number of carboxylic acids is 1. The van der Waals surface area contributed by atoms with Crippen molar-refractivity contribution in [1.29, 1.82) is 0 Å². The quantitative estimate of drug-likeness (QED) is 0.492. The van der Waals surface area contributed by atoms with Crippen LogP contribution in [0.25, 0.3) is 0 Å². The highest BCUT2D eigenvalue weighted by molar-refractivity contribution is 6.44. The lowest BCUT2D eigenvalue weighted by Crippen LogP contribution is -2.64. The largest absolute Gasteiger partial charge is 0.535 e. The van der Waals surface area contributed by atoms with E-state index in [0.29, 0.717) is 18.3 Å². The van der Waals surface area contributed by atoms with Crippen molar-refractivity contribution < 1.29 is 35.6 Å². The van der Waals surface area contributed by atoms with E-state index in [-0.39, 0.29) is 30.2 Å². The van der Waals surface area contributed by atoms with Crippen molar-refractivity contribution in [2.45, 2.75) is 31.3 Å². The zero-order chi connectivity index (χ0) is 19.8. The number of rotatable bonds is 5. The van der Waals surface area contributed by atoms with Gasteiger partial charge in [0, 0.05) is 1.37 Å². The molecule has 1 saturated heterocycles. The third-order valence-corrected chi connectivity index (χ3v) is 4.47. The third kappa shape index (κ3) is 3.35. The number of hydrogen-bond acceptors (Lipinski definition) is 7. The van der Waals surface area contributed by atoms with Gasteiger partial charge in [-0.25, -0.2) is 4.79 Å².